The SMILES string of the molecule is CN1CC2C[C]1CN2. The highest BCUT2D eigenvalue weighted by atomic mass is 15.3. The second kappa shape index (κ2) is 1.45. The van der Waals surface area contributed by atoms with Crippen molar-refractivity contribution in [2.24, 2.45) is 0 Å². The Hall–Kier alpha value is -0.0800. The van der Waals surface area contributed by atoms with Crippen LogP contribution < -0.4 is 5.32 Å². The number of nitrogens with zero attached hydrogens (tertiary/aromatic N) is 1. The number of fused-ring (bicyclic) bond motifs is 2. The predicted molar refractivity (Wildman–Crippen MR) is 32.3 cm³/mol. The maximum Gasteiger partial charge on any atom is 0.0543 e. The second-order valence-corrected chi connectivity index (χ2v) is 2.73. The van der Waals surface area contributed by atoms with Crippen LogP contribution in [0.3, 0.4) is 0 Å². The fourth-order valence-electron chi connectivity index (χ4n) is 1.57. The molecule has 2 bridgehead atoms. The number of piperazine rings is 1. The van der Waals surface area contributed by atoms with Gasteiger partial charge in [0.25, 0.3) is 0 Å². The van der Waals surface area contributed by atoms with Crippen LogP contribution in [0, 0.1) is 6.04 Å². The third kappa shape index (κ3) is 0.501. The number of nitrogens with one attached hydrogen (secondary N) is 1. The molecule has 2 aliphatic heterocycles. The van der Waals surface area contributed by atoms with E-state index >= 15 is 0 Å². The van der Waals surface area contributed by atoms with Crippen molar-refractivity contribution in [1.82, 2.24) is 10.2 Å². The average Bonchev–Trinajstić information content (AvgIpc) is 2.23. The largest absolute Gasteiger partial charge is 0.311 e. The highest BCUT2D eigenvalue weighted by molar-refractivity contribution is 5.08. The summed E-state index contributed by atoms with van der Waals surface area (Å²) in [4.78, 5) is 2.36. The molecule has 0 aromatic carbocycles. The Labute approximate surface area is 49.9 Å². The summed E-state index contributed by atoms with van der Waals surface area (Å²) in [5, 5.41) is 3.41. The van der Waals surface area contributed by atoms with E-state index in [1.165, 1.54) is 13.0 Å². The third-order valence-electron chi connectivity index (χ3n) is 2.11. The van der Waals surface area contributed by atoms with Gasteiger partial charge in [-0.05, 0) is 13.5 Å². The molecule has 2 fully saturated rings. The van der Waals surface area contributed by atoms with Crippen molar-refractivity contribution in [3.05, 3.63) is 6.04 Å². The molecule has 1 N–H and O–H groups in total. The van der Waals surface area contributed by atoms with Crippen molar-refractivity contribution in [2.45, 2.75) is 12.5 Å². The number of likely N-dealkylation sites (N-methyl/N-ethyl adjacent to an activating group) is 1. The van der Waals surface area contributed by atoms with Gasteiger partial charge in [0.2, 0.25) is 0 Å². The van der Waals surface area contributed by atoms with Gasteiger partial charge in [0.15, 0.2) is 0 Å². The lowest BCUT2D eigenvalue weighted by Crippen LogP contribution is -2.37. The van der Waals surface area contributed by atoms with Crippen LogP contribution in [0.15, 0.2) is 0 Å². The molecule has 2 nitrogen and oxygen atoms in total. The lowest BCUT2D eigenvalue weighted by molar-refractivity contribution is 0.346. The van der Waals surface area contributed by atoms with Gasteiger partial charge in [0, 0.05) is 19.1 Å². The summed E-state index contributed by atoms with van der Waals surface area (Å²) in [6.45, 7) is 2.37. The van der Waals surface area contributed by atoms with Crippen molar-refractivity contribution in [2.75, 3.05) is 20.1 Å². The fourth-order valence-corrected chi connectivity index (χ4v) is 1.57. The van der Waals surface area contributed by atoms with Gasteiger partial charge in [-0.1, -0.05) is 0 Å². The Morgan fingerprint density at radius 2 is 2.62 bits per heavy atom. The number of hydrogen-bond donors (Lipinski definition) is 1. The molecule has 0 aromatic rings. The summed E-state index contributed by atoms with van der Waals surface area (Å²) in [6.07, 6.45) is 1.30. The first kappa shape index (κ1) is 4.77. The lowest BCUT2D eigenvalue weighted by atomic mass is 10.2. The summed E-state index contributed by atoms with van der Waals surface area (Å²) >= 11 is 0. The molecular formula is C6H11N2. The Morgan fingerprint density at radius 3 is 2.88 bits per heavy atom. The summed E-state index contributed by atoms with van der Waals surface area (Å²) < 4.78 is 0. The highest BCUT2D eigenvalue weighted by Gasteiger charge is 2.35. The van der Waals surface area contributed by atoms with Crippen LogP contribution >= 0.6 is 0 Å². The predicted octanol–water partition coefficient (Wildman–Crippen LogP) is -0.174. The van der Waals surface area contributed by atoms with Crippen LogP contribution in [-0.2, 0) is 0 Å². The van der Waals surface area contributed by atoms with Crippen molar-refractivity contribution >= 4 is 0 Å². The van der Waals surface area contributed by atoms with Gasteiger partial charge in [-0.15, -0.1) is 0 Å². The van der Waals surface area contributed by atoms with Crippen molar-refractivity contribution in [1.29, 1.82) is 0 Å². The second-order valence-electron chi connectivity index (χ2n) is 2.73. The normalized spacial score (nSPS) is 39.4. The zero-order valence-electron chi connectivity index (χ0n) is 5.15. The van der Waals surface area contributed by atoms with Crippen LogP contribution in [0.4, 0.5) is 0 Å². The minimum absolute atomic E-state index is 0.787. The quantitative estimate of drug-likeness (QED) is 0.466. The molecule has 1 unspecified atom stereocenters. The summed E-state index contributed by atoms with van der Waals surface area (Å²) in [6, 6.07) is 2.38. The van der Waals surface area contributed by atoms with Gasteiger partial charge in [0.1, 0.15) is 0 Å². The van der Waals surface area contributed by atoms with Gasteiger partial charge in [-0.2, -0.15) is 0 Å². The molecule has 1 atom stereocenters. The Balaban J connectivity index is 2.11. The summed E-state index contributed by atoms with van der Waals surface area (Å²) in [7, 11) is 2.18. The molecule has 0 amide bonds. The van der Waals surface area contributed by atoms with Crippen LogP contribution in [0.25, 0.3) is 0 Å². The van der Waals surface area contributed by atoms with E-state index in [4.69, 9.17) is 0 Å². The van der Waals surface area contributed by atoms with Crippen molar-refractivity contribution in [3.8, 4) is 0 Å². The third-order valence-corrected chi connectivity index (χ3v) is 2.11. The molecule has 2 saturated heterocycles. The number of rotatable bonds is 0. The average molecular weight is 111 g/mol. The van der Waals surface area contributed by atoms with E-state index in [1.807, 2.05) is 0 Å². The number of likely N-dealkylation sites (tertiary alicyclic amines) is 1. The first-order chi connectivity index (χ1) is 3.86. The Kier molecular flexibility index (Phi) is 0.866. The summed E-state index contributed by atoms with van der Waals surface area (Å²) in [5.41, 5.74) is 0. The van der Waals surface area contributed by atoms with E-state index in [0.717, 1.165) is 12.6 Å². The maximum absolute atomic E-state index is 3.41. The molecule has 0 aliphatic carbocycles. The molecule has 2 heterocycles. The topological polar surface area (TPSA) is 15.3 Å². The van der Waals surface area contributed by atoms with E-state index in [-0.39, 0.29) is 0 Å². The van der Waals surface area contributed by atoms with Crippen molar-refractivity contribution < 1.29 is 0 Å². The first-order valence-corrected chi connectivity index (χ1v) is 3.15. The van der Waals surface area contributed by atoms with Gasteiger partial charge in [0.05, 0.1) is 6.04 Å². The molecule has 2 heteroatoms. The van der Waals surface area contributed by atoms with E-state index in [1.54, 1.807) is 6.04 Å². The molecule has 0 saturated carbocycles. The van der Waals surface area contributed by atoms with Crippen LogP contribution in [0.2, 0.25) is 0 Å². The lowest BCUT2D eigenvalue weighted by Gasteiger charge is -2.20. The molecule has 2 aliphatic rings. The van der Waals surface area contributed by atoms with E-state index < -0.39 is 0 Å². The summed E-state index contributed by atoms with van der Waals surface area (Å²) in [5.74, 6) is 0. The first-order valence-electron chi connectivity index (χ1n) is 3.15. The van der Waals surface area contributed by atoms with Crippen LogP contribution in [-0.4, -0.2) is 31.1 Å². The van der Waals surface area contributed by atoms with Gasteiger partial charge >= 0.3 is 0 Å². The van der Waals surface area contributed by atoms with Gasteiger partial charge in [-0.3, -0.25) is 4.90 Å². The molecular weight excluding hydrogens is 100 g/mol. The Morgan fingerprint density at radius 1 is 1.75 bits per heavy atom. The monoisotopic (exact) mass is 111 g/mol. The molecule has 45 valence electrons. The standard InChI is InChI=1S/C6H11N2/c1-8-4-5-2-6(8)3-7-5/h5,7H,2-4H2,1H3. The van der Waals surface area contributed by atoms with Crippen molar-refractivity contribution in [3.63, 3.8) is 0 Å². The van der Waals surface area contributed by atoms with Gasteiger partial charge in [-0.25, -0.2) is 0 Å². The van der Waals surface area contributed by atoms with E-state index in [9.17, 15) is 0 Å². The molecule has 0 spiro atoms. The fraction of sp³-hybridized carbons (Fsp3) is 0.833. The zero-order valence-corrected chi connectivity index (χ0v) is 5.15. The Bertz CT molecular complexity index is 101. The zero-order chi connectivity index (χ0) is 5.56. The smallest absolute Gasteiger partial charge is 0.0543 e. The maximum atomic E-state index is 3.41. The van der Waals surface area contributed by atoms with E-state index in [0.29, 0.717) is 0 Å². The van der Waals surface area contributed by atoms with Gasteiger partial charge < -0.3 is 5.32 Å². The highest BCUT2D eigenvalue weighted by Crippen LogP contribution is 2.26. The number of hydrogen-bond acceptors (Lipinski definition) is 2. The van der Waals surface area contributed by atoms with Crippen LogP contribution in [0.5, 0.6) is 0 Å². The minimum Gasteiger partial charge on any atom is -0.311 e. The molecule has 2 rings (SSSR count). The minimum atomic E-state index is 0.787. The molecule has 1 radical (unpaired) electrons. The molecule has 0 aromatic heterocycles. The van der Waals surface area contributed by atoms with Crippen LogP contribution in [0.1, 0.15) is 6.42 Å². The van der Waals surface area contributed by atoms with E-state index in [2.05, 4.69) is 17.3 Å². The molecule has 8 heavy (non-hydrogen) atoms.